The van der Waals surface area contributed by atoms with Crippen LogP contribution in [0, 0.1) is 6.92 Å². The highest BCUT2D eigenvalue weighted by molar-refractivity contribution is 6.00. The largest absolute Gasteiger partial charge is 0.497 e. The van der Waals surface area contributed by atoms with Gasteiger partial charge in [-0.2, -0.15) is 13.2 Å². The monoisotopic (exact) mass is 325 g/mol. The minimum Gasteiger partial charge on any atom is -0.497 e. The van der Waals surface area contributed by atoms with E-state index in [1.54, 1.807) is 25.1 Å². The quantitative estimate of drug-likeness (QED) is 0.894. The van der Waals surface area contributed by atoms with Gasteiger partial charge in [-0.25, -0.2) is 4.79 Å². The molecule has 0 fully saturated rings. The van der Waals surface area contributed by atoms with Crippen molar-refractivity contribution in [2.24, 2.45) is 0 Å². The first kappa shape index (κ1) is 16.6. The molecule has 0 radical (unpaired) electrons. The number of alkyl halides is 3. The lowest BCUT2D eigenvalue weighted by molar-refractivity contribution is -0.141. The van der Waals surface area contributed by atoms with E-state index in [1.807, 2.05) is 0 Å². The van der Waals surface area contributed by atoms with Crippen LogP contribution in [0.3, 0.4) is 0 Å². The van der Waals surface area contributed by atoms with Crippen molar-refractivity contribution in [2.45, 2.75) is 13.1 Å². The van der Waals surface area contributed by atoms with Crippen molar-refractivity contribution in [1.82, 2.24) is 4.98 Å². The van der Waals surface area contributed by atoms with E-state index in [2.05, 4.69) is 15.6 Å². The topological polar surface area (TPSA) is 63.2 Å². The van der Waals surface area contributed by atoms with Crippen molar-refractivity contribution >= 4 is 17.4 Å². The molecule has 122 valence electrons. The molecule has 0 aliphatic rings. The number of anilines is 2. The van der Waals surface area contributed by atoms with E-state index in [1.165, 1.54) is 13.2 Å². The van der Waals surface area contributed by atoms with Gasteiger partial charge in [-0.3, -0.25) is 4.98 Å². The van der Waals surface area contributed by atoms with E-state index in [0.29, 0.717) is 11.4 Å². The molecular formula is C15H14F3N3O2. The Morgan fingerprint density at radius 2 is 1.91 bits per heavy atom. The average molecular weight is 325 g/mol. The summed E-state index contributed by atoms with van der Waals surface area (Å²) in [6.45, 7) is 1.77. The molecule has 0 spiro atoms. The highest BCUT2D eigenvalue weighted by Crippen LogP contribution is 2.29. The number of aromatic nitrogens is 1. The lowest BCUT2D eigenvalue weighted by atomic mass is 10.2. The van der Waals surface area contributed by atoms with Gasteiger partial charge in [0.25, 0.3) is 0 Å². The molecule has 0 aliphatic carbocycles. The number of nitrogens with zero attached hydrogens (tertiary/aromatic N) is 1. The van der Waals surface area contributed by atoms with Crippen molar-refractivity contribution in [1.29, 1.82) is 0 Å². The summed E-state index contributed by atoms with van der Waals surface area (Å²) < 4.78 is 42.8. The van der Waals surface area contributed by atoms with Gasteiger partial charge < -0.3 is 15.4 Å². The van der Waals surface area contributed by atoms with Crippen molar-refractivity contribution in [3.05, 3.63) is 47.8 Å². The van der Waals surface area contributed by atoms with Crippen LogP contribution in [0.5, 0.6) is 5.75 Å². The van der Waals surface area contributed by atoms with Gasteiger partial charge in [0.1, 0.15) is 11.4 Å². The Kier molecular flexibility index (Phi) is 4.73. The second-order valence-electron chi connectivity index (χ2n) is 4.69. The number of halogens is 3. The third-order valence-electron chi connectivity index (χ3n) is 2.99. The first-order valence-electron chi connectivity index (χ1n) is 6.55. The number of hydrogen-bond donors (Lipinski definition) is 2. The van der Waals surface area contributed by atoms with Crippen molar-refractivity contribution in [2.75, 3.05) is 17.7 Å². The lowest BCUT2D eigenvalue weighted by Crippen LogP contribution is -2.20. The molecule has 8 heteroatoms. The second-order valence-corrected chi connectivity index (χ2v) is 4.69. The number of carbonyl (C=O) groups excluding carboxylic acids is 1. The normalized spacial score (nSPS) is 11.0. The summed E-state index contributed by atoms with van der Waals surface area (Å²) in [4.78, 5) is 15.1. The molecule has 0 saturated carbocycles. The molecule has 0 bridgehead atoms. The molecule has 0 aliphatic heterocycles. The van der Waals surface area contributed by atoms with Crippen LogP contribution in [0.2, 0.25) is 0 Å². The molecule has 2 N–H and O–H groups in total. The fourth-order valence-electron chi connectivity index (χ4n) is 1.85. The van der Waals surface area contributed by atoms with Gasteiger partial charge in [-0.1, -0.05) is 0 Å². The smallest absolute Gasteiger partial charge is 0.433 e. The molecule has 0 saturated heterocycles. The maximum Gasteiger partial charge on any atom is 0.433 e. The number of rotatable bonds is 3. The molecule has 1 heterocycles. The Balaban J connectivity index is 2.08. The van der Waals surface area contributed by atoms with Crippen molar-refractivity contribution in [3.8, 4) is 5.75 Å². The number of carbonyl (C=O) groups is 1. The number of urea groups is 1. The SMILES string of the molecule is COc1ccc(NC(=O)Nc2ccnc(C(F)(F)F)c2)c(C)c1. The van der Waals surface area contributed by atoms with E-state index in [4.69, 9.17) is 4.74 Å². The molecule has 1 aromatic heterocycles. The summed E-state index contributed by atoms with van der Waals surface area (Å²) in [6, 6.07) is 6.41. The second kappa shape index (κ2) is 6.55. The number of methoxy groups -OCH3 is 1. The van der Waals surface area contributed by atoms with E-state index in [0.717, 1.165) is 17.8 Å². The fraction of sp³-hybridized carbons (Fsp3) is 0.200. The number of ether oxygens (including phenoxy) is 1. The molecule has 5 nitrogen and oxygen atoms in total. The Morgan fingerprint density at radius 3 is 2.52 bits per heavy atom. The van der Waals surface area contributed by atoms with Crippen LogP contribution in [-0.4, -0.2) is 18.1 Å². The summed E-state index contributed by atoms with van der Waals surface area (Å²) >= 11 is 0. The fourth-order valence-corrected chi connectivity index (χ4v) is 1.85. The van der Waals surface area contributed by atoms with E-state index >= 15 is 0 Å². The Bertz CT molecular complexity index is 717. The van der Waals surface area contributed by atoms with Crippen molar-refractivity contribution in [3.63, 3.8) is 0 Å². The van der Waals surface area contributed by atoms with Gasteiger partial charge in [-0.05, 0) is 42.8 Å². The minimum atomic E-state index is -4.57. The van der Waals surface area contributed by atoms with Crippen LogP contribution in [0.25, 0.3) is 0 Å². The summed E-state index contributed by atoms with van der Waals surface area (Å²) in [5.74, 6) is 0.636. The molecule has 2 rings (SSSR count). The van der Waals surface area contributed by atoms with Crippen LogP contribution in [-0.2, 0) is 6.18 Å². The van der Waals surface area contributed by atoms with E-state index in [9.17, 15) is 18.0 Å². The minimum absolute atomic E-state index is 0.00371. The first-order valence-corrected chi connectivity index (χ1v) is 6.55. The maximum atomic E-state index is 12.6. The average Bonchev–Trinajstić information content (AvgIpc) is 2.48. The lowest BCUT2D eigenvalue weighted by Gasteiger charge is -2.12. The zero-order valence-corrected chi connectivity index (χ0v) is 12.4. The Morgan fingerprint density at radius 1 is 1.17 bits per heavy atom. The number of nitrogens with one attached hydrogen (secondary N) is 2. The molecule has 1 aromatic carbocycles. The van der Waals surface area contributed by atoms with Gasteiger partial charge in [-0.15, -0.1) is 0 Å². The van der Waals surface area contributed by atoms with Crippen LogP contribution < -0.4 is 15.4 Å². The van der Waals surface area contributed by atoms with E-state index < -0.39 is 17.9 Å². The number of amides is 2. The number of pyridine rings is 1. The summed E-state index contributed by atoms with van der Waals surface area (Å²) in [6.07, 6.45) is -3.59. The summed E-state index contributed by atoms with van der Waals surface area (Å²) in [7, 11) is 1.52. The molecule has 0 unspecified atom stereocenters. The van der Waals surface area contributed by atoms with Crippen LogP contribution in [0.1, 0.15) is 11.3 Å². The predicted octanol–water partition coefficient (Wildman–Crippen LogP) is 4.06. The number of hydrogen-bond acceptors (Lipinski definition) is 3. The molecule has 2 amide bonds. The van der Waals surface area contributed by atoms with Gasteiger partial charge >= 0.3 is 12.2 Å². The number of aryl methyl sites for hydroxylation is 1. The summed E-state index contributed by atoms with van der Waals surface area (Å²) in [5.41, 5.74) is 0.200. The highest BCUT2D eigenvalue weighted by atomic mass is 19.4. The van der Waals surface area contributed by atoms with Crippen molar-refractivity contribution < 1.29 is 22.7 Å². The van der Waals surface area contributed by atoms with Gasteiger partial charge in [0, 0.05) is 17.6 Å². The Labute approximate surface area is 130 Å². The van der Waals surface area contributed by atoms with Crippen LogP contribution in [0.15, 0.2) is 36.5 Å². The van der Waals surface area contributed by atoms with Crippen LogP contribution in [0.4, 0.5) is 29.3 Å². The molecule has 2 aromatic rings. The van der Waals surface area contributed by atoms with E-state index in [-0.39, 0.29) is 5.69 Å². The Hall–Kier alpha value is -2.77. The number of benzene rings is 1. The molecule has 0 atom stereocenters. The third kappa shape index (κ3) is 4.35. The van der Waals surface area contributed by atoms with Gasteiger partial charge in [0.2, 0.25) is 0 Å². The predicted molar refractivity (Wildman–Crippen MR) is 79.6 cm³/mol. The van der Waals surface area contributed by atoms with Crippen LogP contribution >= 0.6 is 0 Å². The standard InChI is InChI=1S/C15H14F3N3O2/c1-9-7-11(23-2)3-4-12(9)21-14(22)20-10-5-6-19-13(8-10)15(16,17)18/h3-8H,1-2H3,(H2,19,20,21,22). The highest BCUT2D eigenvalue weighted by Gasteiger charge is 2.32. The summed E-state index contributed by atoms with van der Waals surface area (Å²) in [5, 5.41) is 4.90. The zero-order chi connectivity index (χ0) is 17.0. The van der Waals surface area contributed by atoms with Gasteiger partial charge in [0.05, 0.1) is 7.11 Å². The molecular weight excluding hydrogens is 311 g/mol. The third-order valence-corrected chi connectivity index (χ3v) is 2.99. The zero-order valence-electron chi connectivity index (χ0n) is 12.4. The maximum absolute atomic E-state index is 12.6. The first-order chi connectivity index (χ1) is 10.8. The molecule has 23 heavy (non-hydrogen) atoms. The van der Waals surface area contributed by atoms with Gasteiger partial charge in [0.15, 0.2) is 0 Å².